The van der Waals surface area contributed by atoms with Crippen LogP contribution in [0.5, 0.6) is 0 Å². The van der Waals surface area contributed by atoms with Crippen molar-refractivity contribution in [1.29, 1.82) is 0 Å². The summed E-state index contributed by atoms with van der Waals surface area (Å²) in [5.41, 5.74) is 5.87. The molecule has 0 amide bonds. The zero-order chi connectivity index (χ0) is 13.0. The fourth-order valence-corrected chi connectivity index (χ4v) is 5.13. The van der Waals surface area contributed by atoms with Crippen molar-refractivity contribution in [3.8, 4) is 0 Å². The smallest absolute Gasteiger partial charge is 0.323 e. The Balaban J connectivity index is 1.77. The van der Waals surface area contributed by atoms with Gasteiger partial charge in [-0.3, -0.25) is 4.79 Å². The third-order valence-electron chi connectivity index (χ3n) is 3.53. The molecule has 18 heavy (non-hydrogen) atoms. The lowest BCUT2D eigenvalue weighted by molar-refractivity contribution is -0.141. The van der Waals surface area contributed by atoms with Crippen molar-refractivity contribution in [2.75, 3.05) is 31.0 Å². The second-order valence-electron chi connectivity index (χ2n) is 4.91. The molecule has 2 fully saturated rings. The molecule has 0 radical (unpaired) electrons. The standard InChI is InChI=1S/C12H21NO3S2/c1-15-11(14)10(13)7-18-9-2-4-16-12(6-9)3-5-17-8-12/h9-10H,2-8,13H2,1H3. The van der Waals surface area contributed by atoms with Crippen molar-refractivity contribution in [3.05, 3.63) is 0 Å². The molecule has 2 saturated heterocycles. The van der Waals surface area contributed by atoms with Gasteiger partial charge >= 0.3 is 5.97 Å². The molecule has 4 nitrogen and oxygen atoms in total. The first-order valence-corrected chi connectivity index (χ1v) is 8.52. The number of carbonyl (C=O) groups is 1. The number of hydrogen-bond acceptors (Lipinski definition) is 6. The van der Waals surface area contributed by atoms with E-state index in [1.54, 1.807) is 11.8 Å². The van der Waals surface area contributed by atoms with E-state index in [9.17, 15) is 4.79 Å². The highest BCUT2D eigenvalue weighted by Gasteiger charge is 2.40. The van der Waals surface area contributed by atoms with E-state index in [1.807, 2.05) is 11.8 Å². The van der Waals surface area contributed by atoms with E-state index in [0.29, 0.717) is 11.0 Å². The van der Waals surface area contributed by atoms with Crippen molar-refractivity contribution < 1.29 is 14.3 Å². The van der Waals surface area contributed by atoms with Gasteiger partial charge < -0.3 is 15.2 Å². The summed E-state index contributed by atoms with van der Waals surface area (Å²) in [6.45, 7) is 0.839. The molecule has 0 aromatic heterocycles. The van der Waals surface area contributed by atoms with E-state index in [-0.39, 0.29) is 11.6 Å². The number of nitrogens with two attached hydrogens (primary N) is 1. The van der Waals surface area contributed by atoms with E-state index < -0.39 is 6.04 Å². The molecule has 0 aromatic carbocycles. The normalized spacial score (nSPS) is 33.6. The van der Waals surface area contributed by atoms with Gasteiger partial charge in [0, 0.05) is 23.4 Å². The Bertz CT molecular complexity index is 295. The monoisotopic (exact) mass is 291 g/mol. The molecule has 0 aliphatic carbocycles. The summed E-state index contributed by atoms with van der Waals surface area (Å²) >= 11 is 3.78. The van der Waals surface area contributed by atoms with Crippen LogP contribution < -0.4 is 5.73 Å². The van der Waals surface area contributed by atoms with Crippen LogP contribution in [-0.2, 0) is 14.3 Å². The van der Waals surface area contributed by atoms with Gasteiger partial charge in [-0.25, -0.2) is 0 Å². The topological polar surface area (TPSA) is 61.5 Å². The fourth-order valence-electron chi connectivity index (χ4n) is 2.45. The van der Waals surface area contributed by atoms with Crippen LogP contribution in [0.4, 0.5) is 0 Å². The van der Waals surface area contributed by atoms with Crippen LogP contribution in [0.1, 0.15) is 19.3 Å². The van der Waals surface area contributed by atoms with E-state index in [4.69, 9.17) is 10.5 Å². The minimum atomic E-state index is -0.503. The van der Waals surface area contributed by atoms with Gasteiger partial charge in [0.2, 0.25) is 0 Å². The quantitative estimate of drug-likeness (QED) is 0.787. The van der Waals surface area contributed by atoms with Gasteiger partial charge in [-0.05, 0) is 25.0 Å². The molecule has 1 spiro atoms. The van der Waals surface area contributed by atoms with E-state index in [2.05, 4.69) is 4.74 Å². The predicted molar refractivity (Wildman–Crippen MR) is 76.1 cm³/mol. The van der Waals surface area contributed by atoms with E-state index >= 15 is 0 Å². The van der Waals surface area contributed by atoms with Crippen LogP contribution in [0.3, 0.4) is 0 Å². The van der Waals surface area contributed by atoms with Gasteiger partial charge in [0.15, 0.2) is 0 Å². The second kappa shape index (κ2) is 6.50. The molecule has 0 bridgehead atoms. The largest absolute Gasteiger partial charge is 0.468 e. The Labute approximate surface area is 117 Å². The molecular weight excluding hydrogens is 270 g/mol. The zero-order valence-corrected chi connectivity index (χ0v) is 12.4. The fraction of sp³-hybridized carbons (Fsp3) is 0.917. The highest BCUT2D eigenvalue weighted by atomic mass is 32.2. The van der Waals surface area contributed by atoms with Crippen molar-refractivity contribution >= 4 is 29.5 Å². The molecule has 6 heteroatoms. The summed E-state index contributed by atoms with van der Waals surface area (Å²) in [6.07, 6.45) is 3.32. The minimum Gasteiger partial charge on any atom is -0.468 e. The third kappa shape index (κ3) is 3.56. The van der Waals surface area contributed by atoms with Gasteiger partial charge in [-0.2, -0.15) is 23.5 Å². The maximum atomic E-state index is 11.2. The summed E-state index contributed by atoms with van der Waals surface area (Å²) in [5, 5.41) is 0.563. The Kier molecular flexibility index (Phi) is 5.24. The van der Waals surface area contributed by atoms with Gasteiger partial charge in [0.25, 0.3) is 0 Å². The van der Waals surface area contributed by atoms with E-state index in [1.165, 1.54) is 12.9 Å². The molecule has 2 rings (SSSR count). The van der Waals surface area contributed by atoms with Crippen molar-refractivity contribution in [2.45, 2.75) is 36.2 Å². The number of ether oxygens (including phenoxy) is 2. The first-order valence-electron chi connectivity index (χ1n) is 6.32. The summed E-state index contributed by atoms with van der Waals surface area (Å²) in [7, 11) is 1.38. The predicted octanol–water partition coefficient (Wildman–Crippen LogP) is 1.27. The summed E-state index contributed by atoms with van der Waals surface area (Å²) < 4.78 is 10.6. The molecule has 2 heterocycles. The second-order valence-corrected chi connectivity index (χ2v) is 7.35. The lowest BCUT2D eigenvalue weighted by Crippen LogP contribution is -2.42. The van der Waals surface area contributed by atoms with Crippen LogP contribution in [0.25, 0.3) is 0 Å². The molecule has 0 aromatic rings. The number of hydrogen-bond donors (Lipinski definition) is 1. The Morgan fingerprint density at radius 3 is 3.22 bits per heavy atom. The Morgan fingerprint density at radius 2 is 2.56 bits per heavy atom. The van der Waals surface area contributed by atoms with Crippen LogP contribution in [-0.4, -0.2) is 53.8 Å². The van der Waals surface area contributed by atoms with Crippen LogP contribution in [0, 0.1) is 0 Å². The first-order chi connectivity index (χ1) is 8.65. The molecule has 2 aliphatic rings. The molecule has 0 saturated carbocycles. The average Bonchev–Trinajstić information content (AvgIpc) is 2.83. The van der Waals surface area contributed by atoms with Crippen LogP contribution >= 0.6 is 23.5 Å². The summed E-state index contributed by atoms with van der Waals surface area (Å²) in [4.78, 5) is 11.2. The lowest BCUT2D eigenvalue weighted by Gasteiger charge is -2.37. The van der Waals surface area contributed by atoms with Gasteiger partial charge in [-0.15, -0.1) is 0 Å². The van der Waals surface area contributed by atoms with Crippen molar-refractivity contribution in [3.63, 3.8) is 0 Å². The Morgan fingerprint density at radius 1 is 1.72 bits per heavy atom. The SMILES string of the molecule is COC(=O)C(N)CSC1CCOC2(CCSC2)C1. The number of methoxy groups -OCH3 is 1. The maximum Gasteiger partial charge on any atom is 0.323 e. The minimum absolute atomic E-state index is 0.107. The van der Waals surface area contributed by atoms with E-state index in [0.717, 1.165) is 31.6 Å². The number of thioether (sulfide) groups is 2. The first kappa shape index (κ1) is 14.5. The van der Waals surface area contributed by atoms with Gasteiger partial charge in [-0.1, -0.05) is 0 Å². The number of carbonyl (C=O) groups excluding carboxylic acids is 1. The highest BCUT2D eigenvalue weighted by Crippen LogP contribution is 2.41. The van der Waals surface area contributed by atoms with Crippen LogP contribution in [0.15, 0.2) is 0 Å². The average molecular weight is 291 g/mol. The maximum absolute atomic E-state index is 11.2. The molecule has 2 N–H and O–H groups in total. The molecule has 3 unspecified atom stereocenters. The molecule has 104 valence electrons. The third-order valence-corrected chi connectivity index (χ3v) is 6.18. The molecule has 3 atom stereocenters. The van der Waals surface area contributed by atoms with Gasteiger partial charge in [0.1, 0.15) is 6.04 Å². The van der Waals surface area contributed by atoms with Crippen LogP contribution in [0.2, 0.25) is 0 Å². The van der Waals surface area contributed by atoms with Crippen molar-refractivity contribution in [1.82, 2.24) is 0 Å². The summed E-state index contributed by atoms with van der Waals surface area (Å²) in [6, 6.07) is -0.503. The van der Waals surface area contributed by atoms with Crippen molar-refractivity contribution in [2.24, 2.45) is 5.73 Å². The Hall–Kier alpha value is 0.0900. The number of rotatable bonds is 4. The van der Waals surface area contributed by atoms with Gasteiger partial charge in [0.05, 0.1) is 12.7 Å². The molecule has 2 aliphatic heterocycles. The zero-order valence-electron chi connectivity index (χ0n) is 10.7. The molecular formula is C12H21NO3S2. The highest BCUT2D eigenvalue weighted by molar-refractivity contribution is 8.00. The number of esters is 1. The summed E-state index contributed by atoms with van der Waals surface area (Å²) in [5.74, 6) is 2.65. The lowest BCUT2D eigenvalue weighted by atomic mass is 9.93.